The highest BCUT2D eigenvalue weighted by Crippen LogP contribution is 2.27. The molecule has 0 bridgehead atoms. The highest BCUT2D eigenvalue weighted by Gasteiger charge is 2.18. The molecule has 1 aromatic carbocycles. The first-order valence-electron chi connectivity index (χ1n) is 5.42. The summed E-state index contributed by atoms with van der Waals surface area (Å²) in [5.74, 6) is 0. The number of rotatable bonds is 5. The number of sulfonamides is 1. The van der Waals surface area contributed by atoms with Crippen molar-refractivity contribution in [1.82, 2.24) is 4.72 Å². The topological polar surface area (TPSA) is 63.2 Å². The summed E-state index contributed by atoms with van der Waals surface area (Å²) in [4.78, 5) is 0.00202. The van der Waals surface area contributed by atoms with E-state index in [-0.39, 0.29) is 16.7 Å². The summed E-state index contributed by atoms with van der Waals surface area (Å²) in [5, 5.41) is 0.311. The lowest BCUT2D eigenvalue weighted by Gasteiger charge is -2.12. The van der Waals surface area contributed by atoms with Crippen molar-refractivity contribution in [2.45, 2.75) is 24.0 Å². The minimum absolute atomic E-state index is 0.00202. The molecule has 1 rings (SSSR count). The molecule has 0 aliphatic heterocycles. The van der Waals surface area contributed by atoms with Crippen molar-refractivity contribution in [3.05, 3.63) is 27.7 Å². The molecule has 0 aromatic heterocycles. The van der Waals surface area contributed by atoms with Gasteiger partial charge in [0.25, 0.3) is 0 Å². The Morgan fingerprint density at radius 1 is 1.32 bits per heavy atom. The summed E-state index contributed by atoms with van der Waals surface area (Å²) in [5.41, 5.74) is 0.630. The van der Waals surface area contributed by atoms with E-state index >= 15 is 0 Å². The van der Waals surface area contributed by atoms with Gasteiger partial charge in [-0.25, -0.2) is 13.1 Å². The van der Waals surface area contributed by atoms with Crippen LogP contribution < -0.4 is 4.72 Å². The molecule has 0 aliphatic rings. The standard InChI is InChI=1S/C11H15Cl2NO3S2/c1-7(18(3)15)6-14-19(16,17)9-4-10(12)8(2)11(13)5-9/h4-5,7,14H,6H2,1-3H3/t7-,18-/m1/s1. The molecule has 0 amide bonds. The zero-order chi connectivity index (χ0) is 14.8. The van der Waals surface area contributed by atoms with Crippen LogP contribution in [0, 0.1) is 6.92 Å². The average molecular weight is 344 g/mol. The lowest BCUT2D eigenvalue weighted by atomic mass is 10.2. The Bertz CT molecular complexity index is 579. The van der Waals surface area contributed by atoms with Crippen LogP contribution in [0.5, 0.6) is 0 Å². The molecule has 0 radical (unpaired) electrons. The first-order valence-corrected chi connectivity index (χ1v) is 9.28. The highest BCUT2D eigenvalue weighted by molar-refractivity contribution is 7.89. The fourth-order valence-corrected chi connectivity index (χ4v) is 3.43. The fourth-order valence-electron chi connectivity index (χ4n) is 1.20. The molecule has 2 atom stereocenters. The van der Waals surface area contributed by atoms with Crippen LogP contribution in [-0.2, 0) is 20.8 Å². The molecule has 0 saturated heterocycles. The van der Waals surface area contributed by atoms with E-state index in [2.05, 4.69) is 4.72 Å². The van der Waals surface area contributed by atoms with E-state index in [0.717, 1.165) is 0 Å². The van der Waals surface area contributed by atoms with Crippen LogP contribution in [0.25, 0.3) is 0 Å². The Kier molecular flexibility index (Phi) is 5.82. The number of halogens is 2. The highest BCUT2D eigenvalue weighted by atomic mass is 35.5. The largest absolute Gasteiger partial charge is 0.260 e. The van der Waals surface area contributed by atoms with Gasteiger partial charge in [-0.3, -0.25) is 4.21 Å². The van der Waals surface area contributed by atoms with E-state index in [1.165, 1.54) is 18.4 Å². The average Bonchev–Trinajstić information content (AvgIpc) is 2.32. The van der Waals surface area contributed by atoms with E-state index < -0.39 is 20.8 Å². The second-order valence-corrected chi connectivity index (χ2v) is 8.56. The number of hydrogen-bond acceptors (Lipinski definition) is 3. The first kappa shape index (κ1) is 16.9. The summed E-state index contributed by atoms with van der Waals surface area (Å²) in [6, 6.07) is 2.69. The third-order valence-electron chi connectivity index (χ3n) is 2.69. The lowest BCUT2D eigenvalue weighted by Crippen LogP contribution is -2.32. The molecule has 0 saturated carbocycles. The fraction of sp³-hybridized carbons (Fsp3) is 0.455. The van der Waals surface area contributed by atoms with Crippen molar-refractivity contribution in [2.24, 2.45) is 0 Å². The molecule has 4 nitrogen and oxygen atoms in total. The Morgan fingerprint density at radius 2 is 1.79 bits per heavy atom. The molecule has 0 aliphatic carbocycles. The monoisotopic (exact) mass is 343 g/mol. The van der Waals surface area contributed by atoms with Crippen molar-refractivity contribution in [1.29, 1.82) is 0 Å². The van der Waals surface area contributed by atoms with E-state index in [9.17, 15) is 12.6 Å². The SMILES string of the molecule is Cc1c(Cl)cc(S(=O)(=O)NC[C@@H](C)[S@@](C)=O)cc1Cl. The molecule has 0 unspecified atom stereocenters. The normalized spacial score (nSPS) is 15.2. The maximum atomic E-state index is 12.0. The number of benzene rings is 1. The van der Waals surface area contributed by atoms with Crippen LogP contribution >= 0.6 is 23.2 Å². The van der Waals surface area contributed by atoms with Crippen molar-refractivity contribution in [3.8, 4) is 0 Å². The van der Waals surface area contributed by atoms with Crippen LogP contribution in [0.2, 0.25) is 10.0 Å². The van der Waals surface area contributed by atoms with Crippen LogP contribution in [-0.4, -0.2) is 30.7 Å². The minimum Gasteiger partial charge on any atom is -0.260 e. The lowest BCUT2D eigenvalue weighted by molar-refractivity contribution is 0.580. The third-order valence-corrected chi connectivity index (χ3v) is 6.18. The predicted octanol–water partition coefficient (Wildman–Crippen LogP) is 2.35. The van der Waals surface area contributed by atoms with Crippen LogP contribution in [0.4, 0.5) is 0 Å². The van der Waals surface area contributed by atoms with Crippen molar-refractivity contribution >= 4 is 44.0 Å². The summed E-state index contributed by atoms with van der Waals surface area (Å²) < 4.78 is 37.7. The van der Waals surface area contributed by atoms with E-state index in [0.29, 0.717) is 15.6 Å². The van der Waals surface area contributed by atoms with E-state index in [1.807, 2.05) is 0 Å². The molecule has 108 valence electrons. The van der Waals surface area contributed by atoms with Gasteiger partial charge in [0.2, 0.25) is 10.0 Å². The van der Waals surface area contributed by atoms with Gasteiger partial charge in [-0.05, 0) is 31.5 Å². The van der Waals surface area contributed by atoms with E-state index in [4.69, 9.17) is 23.2 Å². The molecule has 0 fully saturated rings. The first-order chi connectivity index (χ1) is 8.65. The Hall–Kier alpha value is -0.140. The summed E-state index contributed by atoms with van der Waals surface area (Å²) in [7, 11) is -4.80. The predicted molar refractivity (Wildman–Crippen MR) is 79.9 cm³/mol. The van der Waals surface area contributed by atoms with Crippen molar-refractivity contribution < 1.29 is 12.6 Å². The smallest absolute Gasteiger partial charge is 0.240 e. The Balaban J connectivity index is 2.98. The summed E-state index contributed by atoms with van der Waals surface area (Å²) in [6.07, 6.45) is 1.53. The minimum atomic E-state index is -3.70. The van der Waals surface area contributed by atoms with Gasteiger partial charge in [-0.15, -0.1) is 0 Å². The van der Waals surface area contributed by atoms with Gasteiger partial charge in [0.15, 0.2) is 0 Å². The summed E-state index contributed by atoms with van der Waals surface area (Å²) in [6.45, 7) is 3.50. The quantitative estimate of drug-likeness (QED) is 0.892. The zero-order valence-electron chi connectivity index (χ0n) is 10.7. The van der Waals surface area contributed by atoms with Crippen molar-refractivity contribution in [2.75, 3.05) is 12.8 Å². The van der Waals surface area contributed by atoms with Gasteiger partial charge >= 0.3 is 0 Å². The zero-order valence-corrected chi connectivity index (χ0v) is 13.9. The third kappa shape index (κ3) is 4.43. The molecule has 1 aromatic rings. The molecule has 8 heteroatoms. The van der Waals surface area contributed by atoms with Gasteiger partial charge < -0.3 is 0 Å². The molecular formula is C11H15Cl2NO3S2. The van der Waals surface area contributed by atoms with Gasteiger partial charge in [0, 0.05) is 38.9 Å². The van der Waals surface area contributed by atoms with Gasteiger partial charge in [-0.2, -0.15) is 0 Å². The van der Waals surface area contributed by atoms with Gasteiger partial charge in [0.1, 0.15) is 0 Å². The molecule has 1 N–H and O–H groups in total. The Morgan fingerprint density at radius 3 is 2.21 bits per heavy atom. The summed E-state index contributed by atoms with van der Waals surface area (Å²) >= 11 is 11.8. The van der Waals surface area contributed by atoms with Gasteiger partial charge in [0.05, 0.1) is 4.90 Å². The maximum absolute atomic E-state index is 12.0. The number of nitrogens with one attached hydrogen (secondary N) is 1. The number of hydrogen-bond donors (Lipinski definition) is 1. The molecule has 0 heterocycles. The molecular weight excluding hydrogens is 329 g/mol. The van der Waals surface area contributed by atoms with E-state index in [1.54, 1.807) is 13.8 Å². The molecule has 19 heavy (non-hydrogen) atoms. The molecule has 0 spiro atoms. The van der Waals surface area contributed by atoms with Gasteiger partial charge in [-0.1, -0.05) is 23.2 Å². The van der Waals surface area contributed by atoms with Crippen LogP contribution in [0.3, 0.4) is 0 Å². The van der Waals surface area contributed by atoms with Crippen LogP contribution in [0.1, 0.15) is 12.5 Å². The van der Waals surface area contributed by atoms with Crippen molar-refractivity contribution in [3.63, 3.8) is 0 Å². The second-order valence-electron chi connectivity index (χ2n) is 4.17. The second kappa shape index (κ2) is 6.54. The van der Waals surface area contributed by atoms with Crippen LogP contribution in [0.15, 0.2) is 17.0 Å². The Labute approximate surface area is 126 Å². The maximum Gasteiger partial charge on any atom is 0.240 e.